The largest absolute Gasteiger partial charge is 0.465 e. The van der Waals surface area contributed by atoms with E-state index in [1.54, 1.807) is 28.3 Å². The summed E-state index contributed by atoms with van der Waals surface area (Å²) < 4.78 is 7.68. The molecule has 11 nitrogen and oxygen atoms in total. The third-order valence-corrected chi connectivity index (χ3v) is 9.04. The SMILES string of the molecule is CSCC[C@@H]1NC(=O)CCCN(C(=O)c2c(C)oc3c2C(=O)CCC3)CCn2nc(-c3ccccc3)nc2[C@@H](C(C)C)NC1=O. The van der Waals surface area contributed by atoms with Crippen LogP contribution < -0.4 is 10.6 Å². The van der Waals surface area contributed by atoms with Gasteiger partial charge in [0.2, 0.25) is 11.8 Å². The molecular weight excluding hydrogens is 592 g/mol. The Bertz CT molecular complexity index is 1550. The lowest BCUT2D eigenvalue weighted by molar-refractivity contribution is -0.129. The third kappa shape index (κ3) is 7.32. The Balaban J connectivity index is 1.54. The van der Waals surface area contributed by atoms with Crippen molar-refractivity contribution in [3.05, 3.63) is 58.8 Å². The molecule has 1 aliphatic heterocycles. The minimum absolute atomic E-state index is 0.0471. The summed E-state index contributed by atoms with van der Waals surface area (Å²) in [5, 5.41) is 10.9. The molecule has 0 unspecified atom stereocenters. The highest BCUT2D eigenvalue weighted by molar-refractivity contribution is 7.98. The van der Waals surface area contributed by atoms with E-state index in [2.05, 4.69) is 10.6 Å². The molecule has 3 amide bonds. The number of nitrogens with zero attached hydrogens (tertiary/aromatic N) is 4. The number of rotatable bonds is 6. The molecule has 0 fully saturated rings. The van der Waals surface area contributed by atoms with Crippen molar-refractivity contribution in [1.82, 2.24) is 30.3 Å². The van der Waals surface area contributed by atoms with E-state index >= 15 is 0 Å². The van der Waals surface area contributed by atoms with Crippen molar-refractivity contribution in [2.75, 3.05) is 25.1 Å². The van der Waals surface area contributed by atoms with Crippen LogP contribution >= 0.6 is 11.8 Å². The van der Waals surface area contributed by atoms with Crippen molar-refractivity contribution in [3.8, 4) is 11.4 Å². The minimum Gasteiger partial charge on any atom is -0.465 e. The van der Waals surface area contributed by atoms with Gasteiger partial charge in [-0.25, -0.2) is 9.67 Å². The Hall–Kier alpha value is -3.93. The third-order valence-electron chi connectivity index (χ3n) is 8.40. The lowest BCUT2D eigenvalue weighted by Gasteiger charge is -2.28. The number of nitrogens with one attached hydrogen (secondary N) is 2. The van der Waals surface area contributed by atoms with E-state index in [9.17, 15) is 19.2 Å². The van der Waals surface area contributed by atoms with Gasteiger partial charge in [-0.1, -0.05) is 44.2 Å². The van der Waals surface area contributed by atoms with Crippen LogP contribution in [-0.2, 0) is 22.6 Å². The van der Waals surface area contributed by atoms with Gasteiger partial charge in [0.25, 0.3) is 5.91 Å². The van der Waals surface area contributed by atoms with Crippen molar-refractivity contribution in [2.45, 2.75) is 77.9 Å². The van der Waals surface area contributed by atoms with Crippen LogP contribution in [-0.4, -0.2) is 74.3 Å². The molecule has 2 aromatic heterocycles. The monoisotopic (exact) mass is 634 g/mol. The zero-order chi connectivity index (χ0) is 32.1. The highest BCUT2D eigenvalue weighted by atomic mass is 32.2. The number of hydrogen-bond donors (Lipinski definition) is 2. The van der Waals surface area contributed by atoms with Gasteiger partial charge in [-0.15, -0.1) is 0 Å². The molecule has 0 radical (unpaired) electrons. The Morgan fingerprint density at radius 3 is 2.56 bits per heavy atom. The van der Waals surface area contributed by atoms with E-state index in [0.29, 0.717) is 78.7 Å². The van der Waals surface area contributed by atoms with Crippen LogP contribution in [0.3, 0.4) is 0 Å². The Kier molecular flexibility index (Phi) is 10.4. The highest BCUT2D eigenvalue weighted by Gasteiger charge is 2.34. The number of aryl methyl sites for hydroxylation is 2. The number of ketones is 1. The number of hydrogen-bond acceptors (Lipinski definition) is 8. The normalized spacial score (nSPS) is 19.8. The second kappa shape index (κ2) is 14.4. The van der Waals surface area contributed by atoms with E-state index in [4.69, 9.17) is 14.5 Å². The molecule has 1 aromatic carbocycles. The molecule has 3 heterocycles. The molecular formula is C33H42N6O5S. The maximum Gasteiger partial charge on any atom is 0.258 e. The van der Waals surface area contributed by atoms with Gasteiger partial charge < -0.3 is 20.0 Å². The van der Waals surface area contributed by atoms with Gasteiger partial charge >= 0.3 is 0 Å². The number of benzene rings is 1. The van der Waals surface area contributed by atoms with Crippen LogP contribution in [0.4, 0.5) is 0 Å². The first-order chi connectivity index (χ1) is 21.7. The molecule has 0 spiro atoms. The minimum atomic E-state index is -0.706. The Morgan fingerprint density at radius 1 is 1.04 bits per heavy atom. The standard InChI is InChI=1S/C33H42N6O5S/c1-20(2)29-31-36-30(22-10-6-5-7-11-22)37-39(31)18-17-38(16-9-14-26(41)34-23(15-19-45-4)32(42)35-29)33(43)27-21(3)44-25-13-8-12-24(40)28(25)27/h5-7,10-11,20,23,29H,8-9,12-19H2,1-4H3,(H,34,41)(H,35,42)/t23-,29+/m0/s1. The average Bonchev–Trinajstić information content (AvgIpc) is 3.60. The fourth-order valence-electron chi connectivity index (χ4n) is 6.00. The summed E-state index contributed by atoms with van der Waals surface area (Å²) in [6, 6.07) is 8.42. The quantitative estimate of drug-likeness (QED) is 0.408. The summed E-state index contributed by atoms with van der Waals surface area (Å²) in [6.07, 6.45) is 4.69. The number of Topliss-reactive ketones (excluding diaryl/α,β-unsaturated/α-hetero) is 1. The molecule has 45 heavy (non-hydrogen) atoms. The Labute approximate surface area is 267 Å². The number of furan rings is 1. The number of carbonyl (C=O) groups excluding carboxylic acids is 4. The second-order valence-electron chi connectivity index (χ2n) is 12.0. The maximum atomic E-state index is 14.2. The van der Waals surface area contributed by atoms with Gasteiger partial charge in [0.05, 0.1) is 23.7 Å². The lowest BCUT2D eigenvalue weighted by Crippen LogP contribution is -2.49. The highest BCUT2D eigenvalue weighted by Crippen LogP contribution is 2.31. The van der Waals surface area contributed by atoms with E-state index < -0.39 is 12.1 Å². The fraction of sp³-hybridized carbons (Fsp3) is 0.515. The van der Waals surface area contributed by atoms with Gasteiger partial charge in [-0.2, -0.15) is 16.9 Å². The summed E-state index contributed by atoms with van der Waals surface area (Å²) in [4.78, 5) is 60.3. The fourth-order valence-corrected chi connectivity index (χ4v) is 6.47. The van der Waals surface area contributed by atoms with E-state index in [1.165, 1.54) is 0 Å². The average molecular weight is 635 g/mol. The molecule has 0 saturated carbocycles. The second-order valence-corrected chi connectivity index (χ2v) is 13.0. The molecule has 12 heteroatoms. The van der Waals surface area contributed by atoms with Crippen LogP contribution in [0, 0.1) is 12.8 Å². The summed E-state index contributed by atoms with van der Waals surface area (Å²) in [5.74, 6) is 1.88. The lowest BCUT2D eigenvalue weighted by atomic mass is 9.93. The van der Waals surface area contributed by atoms with E-state index in [-0.39, 0.29) is 48.9 Å². The van der Waals surface area contributed by atoms with Gasteiger partial charge in [-0.3, -0.25) is 19.2 Å². The maximum absolute atomic E-state index is 14.2. The zero-order valence-corrected chi connectivity index (χ0v) is 27.2. The molecule has 1 aliphatic carbocycles. The van der Waals surface area contributed by atoms with Crippen molar-refractivity contribution in [2.24, 2.45) is 5.92 Å². The topological polar surface area (TPSA) is 139 Å². The predicted molar refractivity (Wildman–Crippen MR) is 172 cm³/mol. The van der Waals surface area contributed by atoms with Gasteiger partial charge in [0.1, 0.15) is 17.6 Å². The molecule has 3 aromatic rings. The summed E-state index contributed by atoms with van der Waals surface area (Å²) in [5.41, 5.74) is 1.54. The molecule has 0 bridgehead atoms. The molecule has 2 N–H and O–H groups in total. The van der Waals surface area contributed by atoms with Crippen LogP contribution in [0.5, 0.6) is 0 Å². The number of carbonyl (C=O) groups is 4. The van der Waals surface area contributed by atoms with Crippen LogP contribution in [0.2, 0.25) is 0 Å². The Morgan fingerprint density at radius 2 is 1.82 bits per heavy atom. The first-order valence-corrected chi connectivity index (χ1v) is 17.1. The van der Waals surface area contributed by atoms with Crippen LogP contribution in [0.1, 0.15) is 90.1 Å². The molecule has 2 atom stereocenters. The molecule has 0 saturated heterocycles. The summed E-state index contributed by atoms with van der Waals surface area (Å²) >= 11 is 1.61. The van der Waals surface area contributed by atoms with Gasteiger partial charge in [0, 0.05) is 37.9 Å². The first-order valence-electron chi connectivity index (χ1n) is 15.7. The van der Waals surface area contributed by atoms with Crippen LogP contribution in [0.25, 0.3) is 11.4 Å². The predicted octanol–water partition coefficient (Wildman–Crippen LogP) is 4.35. The summed E-state index contributed by atoms with van der Waals surface area (Å²) in [7, 11) is 0. The molecule has 5 rings (SSSR count). The number of amides is 3. The number of thioether (sulfide) groups is 1. The smallest absolute Gasteiger partial charge is 0.258 e. The molecule has 240 valence electrons. The van der Waals surface area contributed by atoms with Crippen molar-refractivity contribution in [3.63, 3.8) is 0 Å². The van der Waals surface area contributed by atoms with E-state index in [1.807, 2.05) is 50.4 Å². The summed E-state index contributed by atoms with van der Waals surface area (Å²) in [6.45, 7) is 6.57. The van der Waals surface area contributed by atoms with Crippen molar-refractivity contribution in [1.29, 1.82) is 0 Å². The first kappa shape index (κ1) is 32.5. The molecule has 2 aliphatic rings. The number of fused-ring (bicyclic) bond motifs is 2. The van der Waals surface area contributed by atoms with Crippen molar-refractivity contribution >= 4 is 35.3 Å². The van der Waals surface area contributed by atoms with E-state index in [0.717, 1.165) is 5.56 Å². The van der Waals surface area contributed by atoms with Gasteiger partial charge in [0.15, 0.2) is 17.4 Å². The zero-order valence-electron chi connectivity index (χ0n) is 26.4. The van der Waals surface area contributed by atoms with Gasteiger partial charge in [-0.05, 0) is 44.1 Å². The number of aromatic nitrogens is 3. The van der Waals surface area contributed by atoms with Crippen LogP contribution in [0.15, 0.2) is 34.7 Å². The van der Waals surface area contributed by atoms with Crippen molar-refractivity contribution < 1.29 is 23.6 Å².